The van der Waals surface area contributed by atoms with Crippen molar-refractivity contribution in [2.45, 2.75) is 32.6 Å². The Morgan fingerprint density at radius 2 is 1.50 bits per heavy atom. The van der Waals surface area contributed by atoms with E-state index in [1.54, 1.807) is 0 Å². The van der Waals surface area contributed by atoms with Crippen LogP contribution in [0.1, 0.15) is 28.7 Å². The van der Waals surface area contributed by atoms with E-state index >= 15 is 0 Å². The van der Waals surface area contributed by atoms with Gasteiger partial charge in [0.1, 0.15) is 0 Å². The molecule has 0 aliphatic heterocycles. The summed E-state index contributed by atoms with van der Waals surface area (Å²) in [6.07, 6.45) is 1.06. The van der Waals surface area contributed by atoms with Crippen LogP contribution in [0.2, 0.25) is 5.02 Å². The summed E-state index contributed by atoms with van der Waals surface area (Å²) < 4.78 is 5.79. The highest BCUT2D eigenvalue weighted by Crippen LogP contribution is 2.16. The van der Waals surface area contributed by atoms with Crippen molar-refractivity contribution in [1.29, 1.82) is 0 Å². The zero-order valence-electron chi connectivity index (χ0n) is 15.7. The molecule has 3 nitrogen and oxygen atoms in total. The molecule has 144 valence electrons. The van der Waals surface area contributed by atoms with Gasteiger partial charge in [0.2, 0.25) is 5.91 Å². The van der Waals surface area contributed by atoms with Crippen LogP contribution >= 0.6 is 11.6 Å². The van der Waals surface area contributed by atoms with Gasteiger partial charge < -0.3 is 10.1 Å². The Labute approximate surface area is 171 Å². The van der Waals surface area contributed by atoms with Crippen molar-refractivity contribution in [2.75, 3.05) is 0 Å². The van der Waals surface area contributed by atoms with Crippen molar-refractivity contribution < 1.29 is 9.53 Å². The number of ether oxygens (including phenoxy) is 1. The molecule has 3 rings (SSSR count). The highest BCUT2D eigenvalue weighted by molar-refractivity contribution is 6.31. The number of benzene rings is 3. The molecule has 0 aromatic heterocycles. The lowest BCUT2D eigenvalue weighted by atomic mass is 10.1. The Morgan fingerprint density at radius 3 is 2.32 bits per heavy atom. The predicted molar refractivity (Wildman–Crippen MR) is 113 cm³/mol. The molecule has 0 bridgehead atoms. The van der Waals surface area contributed by atoms with E-state index in [0.29, 0.717) is 37.6 Å². The van der Waals surface area contributed by atoms with Crippen LogP contribution in [-0.4, -0.2) is 5.91 Å². The van der Waals surface area contributed by atoms with Crippen LogP contribution in [0.3, 0.4) is 0 Å². The first-order chi connectivity index (χ1) is 13.7. The van der Waals surface area contributed by atoms with Gasteiger partial charge in [-0.25, -0.2) is 0 Å². The number of halogens is 1. The number of hydrogen-bond donors (Lipinski definition) is 1. The van der Waals surface area contributed by atoms with Crippen molar-refractivity contribution in [3.63, 3.8) is 0 Å². The van der Waals surface area contributed by atoms with Crippen LogP contribution < -0.4 is 5.32 Å². The minimum Gasteiger partial charge on any atom is -0.372 e. The van der Waals surface area contributed by atoms with Gasteiger partial charge in [-0.1, -0.05) is 84.4 Å². The molecule has 3 aromatic carbocycles. The molecule has 0 aliphatic carbocycles. The molecule has 0 unspecified atom stereocenters. The van der Waals surface area contributed by atoms with E-state index in [1.165, 1.54) is 0 Å². The topological polar surface area (TPSA) is 38.3 Å². The SMILES string of the molecule is O=C(CCc1ccccc1Cl)NCc1cccc(COCc2ccccc2)c1. The van der Waals surface area contributed by atoms with Crippen molar-refractivity contribution >= 4 is 17.5 Å². The maximum Gasteiger partial charge on any atom is 0.220 e. The van der Waals surface area contributed by atoms with Crippen molar-refractivity contribution in [3.8, 4) is 0 Å². The van der Waals surface area contributed by atoms with E-state index in [-0.39, 0.29) is 5.91 Å². The Hall–Kier alpha value is -2.62. The van der Waals surface area contributed by atoms with E-state index in [9.17, 15) is 4.79 Å². The number of amides is 1. The van der Waals surface area contributed by atoms with Gasteiger partial charge >= 0.3 is 0 Å². The van der Waals surface area contributed by atoms with Crippen molar-refractivity contribution in [1.82, 2.24) is 5.32 Å². The molecule has 0 atom stereocenters. The summed E-state index contributed by atoms with van der Waals surface area (Å²) in [4.78, 5) is 12.1. The minimum absolute atomic E-state index is 0.0191. The summed E-state index contributed by atoms with van der Waals surface area (Å²) in [6.45, 7) is 1.64. The normalized spacial score (nSPS) is 10.6. The molecule has 3 aromatic rings. The van der Waals surface area contributed by atoms with Crippen LogP contribution in [0.15, 0.2) is 78.9 Å². The molecule has 0 fully saturated rings. The van der Waals surface area contributed by atoms with Crippen LogP contribution in [0.4, 0.5) is 0 Å². The van der Waals surface area contributed by atoms with Gasteiger partial charge in [0.15, 0.2) is 0 Å². The monoisotopic (exact) mass is 393 g/mol. The maximum atomic E-state index is 12.1. The highest BCUT2D eigenvalue weighted by Gasteiger charge is 2.05. The fourth-order valence-electron chi connectivity index (χ4n) is 2.93. The van der Waals surface area contributed by atoms with Crippen molar-refractivity contribution in [2.24, 2.45) is 0 Å². The fourth-order valence-corrected chi connectivity index (χ4v) is 3.16. The maximum absolute atomic E-state index is 12.1. The molecule has 28 heavy (non-hydrogen) atoms. The first kappa shape index (κ1) is 20.1. The second-order valence-corrected chi connectivity index (χ2v) is 7.07. The van der Waals surface area contributed by atoms with Gasteiger partial charge in [-0.05, 0) is 34.7 Å². The highest BCUT2D eigenvalue weighted by atomic mass is 35.5. The van der Waals surface area contributed by atoms with Gasteiger partial charge in [0, 0.05) is 18.0 Å². The lowest BCUT2D eigenvalue weighted by Gasteiger charge is -2.09. The molecule has 4 heteroatoms. The number of hydrogen-bond acceptors (Lipinski definition) is 2. The third-order valence-corrected chi connectivity index (χ3v) is 4.81. The zero-order chi connectivity index (χ0) is 19.6. The second kappa shape index (κ2) is 10.6. The van der Waals surface area contributed by atoms with Crippen LogP contribution in [0.25, 0.3) is 0 Å². The van der Waals surface area contributed by atoms with Gasteiger partial charge in [0.25, 0.3) is 0 Å². The summed E-state index contributed by atoms with van der Waals surface area (Å²) in [6, 6.07) is 25.8. The molecule has 0 saturated carbocycles. The Morgan fingerprint density at radius 1 is 0.821 bits per heavy atom. The lowest BCUT2D eigenvalue weighted by Crippen LogP contribution is -2.23. The molecule has 0 heterocycles. The molecule has 0 saturated heterocycles. The molecule has 0 radical (unpaired) electrons. The molecular weight excluding hydrogens is 370 g/mol. The quantitative estimate of drug-likeness (QED) is 0.535. The summed E-state index contributed by atoms with van der Waals surface area (Å²) >= 11 is 6.14. The summed E-state index contributed by atoms with van der Waals surface area (Å²) in [7, 11) is 0. The standard InChI is InChI=1S/C24H24ClNO2/c25-23-12-5-4-11-22(23)13-14-24(27)26-16-20-9-6-10-21(15-20)18-28-17-19-7-2-1-3-8-19/h1-12,15H,13-14,16-18H2,(H,26,27). The third kappa shape index (κ3) is 6.52. The Balaban J connectivity index is 1.42. The van der Waals surface area contributed by atoms with Gasteiger partial charge in [-0.2, -0.15) is 0 Å². The number of carbonyl (C=O) groups excluding carboxylic acids is 1. The predicted octanol–water partition coefficient (Wildman–Crippen LogP) is 5.31. The molecule has 0 spiro atoms. The van der Waals surface area contributed by atoms with Crippen LogP contribution in [0.5, 0.6) is 0 Å². The summed E-state index contributed by atoms with van der Waals surface area (Å²) in [5, 5.41) is 3.68. The second-order valence-electron chi connectivity index (χ2n) is 6.67. The van der Waals surface area contributed by atoms with Gasteiger partial charge in [-0.15, -0.1) is 0 Å². The number of nitrogens with one attached hydrogen (secondary N) is 1. The number of carbonyl (C=O) groups is 1. The zero-order valence-corrected chi connectivity index (χ0v) is 16.5. The van der Waals surface area contributed by atoms with Crippen molar-refractivity contribution in [3.05, 3.63) is 106 Å². The molecule has 1 N–H and O–H groups in total. The van der Waals surface area contributed by atoms with E-state index in [2.05, 4.69) is 23.5 Å². The molecule has 0 aliphatic rings. The Bertz CT molecular complexity index is 896. The Kier molecular flexibility index (Phi) is 7.65. The average Bonchev–Trinajstić information content (AvgIpc) is 2.73. The van der Waals surface area contributed by atoms with E-state index in [4.69, 9.17) is 16.3 Å². The molecule has 1 amide bonds. The van der Waals surface area contributed by atoms with Crippen LogP contribution in [-0.2, 0) is 35.7 Å². The van der Waals surface area contributed by atoms with E-state index < -0.39 is 0 Å². The number of rotatable bonds is 9. The number of aryl methyl sites for hydroxylation is 1. The fraction of sp³-hybridized carbons (Fsp3) is 0.208. The summed E-state index contributed by atoms with van der Waals surface area (Å²) in [5.74, 6) is 0.0191. The lowest BCUT2D eigenvalue weighted by molar-refractivity contribution is -0.121. The first-order valence-electron chi connectivity index (χ1n) is 9.40. The largest absolute Gasteiger partial charge is 0.372 e. The van der Waals surface area contributed by atoms with Crippen LogP contribution in [0, 0.1) is 0 Å². The van der Waals surface area contributed by atoms with Gasteiger partial charge in [0.05, 0.1) is 13.2 Å². The summed E-state index contributed by atoms with van der Waals surface area (Å²) in [5.41, 5.74) is 4.31. The smallest absolute Gasteiger partial charge is 0.220 e. The molecular formula is C24H24ClNO2. The van der Waals surface area contributed by atoms with Gasteiger partial charge in [-0.3, -0.25) is 4.79 Å². The van der Waals surface area contributed by atoms with E-state index in [1.807, 2.05) is 60.7 Å². The first-order valence-corrected chi connectivity index (χ1v) is 9.78. The average molecular weight is 394 g/mol. The third-order valence-electron chi connectivity index (χ3n) is 4.44. The minimum atomic E-state index is 0.0191. The van der Waals surface area contributed by atoms with E-state index in [0.717, 1.165) is 22.3 Å².